The van der Waals surface area contributed by atoms with Gasteiger partial charge in [0.15, 0.2) is 18.1 Å². The van der Waals surface area contributed by atoms with Gasteiger partial charge in [-0.15, -0.1) is 0 Å². The zero-order valence-corrected chi connectivity index (χ0v) is 17.7. The summed E-state index contributed by atoms with van der Waals surface area (Å²) in [6.07, 6.45) is 2.33. The standard InChI is InChI=1S/C23H29N3O4/c1-16(2)24-22(27)15-30-20-11-10-17(14-21(20)29-3)23(28)25-18-8-4-5-9-19(18)26-12-6-7-13-26/h4-5,8-11,14,16H,6-7,12-13,15H2,1-3H3,(H,24,27)(H,25,28). The lowest BCUT2D eigenvalue weighted by molar-refractivity contribution is -0.123. The summed E-state index contributed by atoms with van der Waals surface area (Å²) >= 11 is 0. The summed E-state index contributed by atoms with van der Waals surface area (Å²) in [5.41, 5.74) is 2.27. The van der Waals surface area contributed by atoms with Crippen molar-refractivity contribution in [2.45, 2.75) is 32.7 Å². The molecule has 7 heteroatoms. The molecule has 1 fully saturated rings. The molecule has 0 unspecified atom stereocenters. The highest BCUT2D eigenvalue weighted by atomic mass is 16.5. The Bertz CT molecular complexity index is 892. The maximum atomic E-state index is 12.9. The fourth-order valence-electron chi connectivity index (χ4n) is 3.44. The van der Waals surface area contributed by atoms with Crippen molar-refractivity contribution in [3.8, 4) is 11.5 Å². The highest BCUT2D eigenvalue weighted by Crippen LogP contribution is 2.31. The smallest absolute Gasteiger partial charge is 0.258 e. The van der Waals surface area contributed by atoms with E-state index >= 15 is 0 Å². The second-order valence-electron chi connectivity index (χ2n) is 7.54. The van der Waals surface area contributed by atoms with Gasteiger partial charge in [0.1, 0.15) is 0 Å². The second-order valence-corrected chi connectivity index (χ2v) is 7.54. The van der Waals surface area contributed by atoms with Crippen molar-refractivity contribution in [2.24, 2.45) is 0 Å². The molecule has 0 spiro atoms. The van der Waals surface area contributed by atoms with Gasteiger partial charge in [-0.05, 0) is 57.0 Å². The molecule has 160 valence electrons. The molecule has 1 aliphatic heterocycles. The number of hydrogen-bond acceptors (Lipinski definition) is 5. The predicted molar refractivity (Wildman–Crippen MR) is 118 cm³/mol. The van der Waals surface area contributed by atoms with Crippen LogP contribution in [0, 0.1) is 0 Å². The molecule has 30 heavy (non-hydrogen) atoms. The van der Waals surface area contributed by atoms with Gasteiger partial charge in [0.05, 0.1) is 18.5 Å². The lowest BCUT2D eigenvalue weighted by atomic mass is 10.1. The number of nitrogens with one attached hydrogen (secondary N) is 2. The summed E-state index contributed by atoms with van der Waals surface area (Å²) in [5, 5.41) is 5.77. The number of carbonyl (C=O) groups excluding carboxylic acids is 2. The van der Waals surface area contributed by atoms with Crippen LogP contribution in [-0.4, -0.2) is 44.7 Å². The maximum absolute atomic E-state index is 12.9. The number of methoxy groups -OCH3 is 1. The highest BCUT2D eigenvalue weighted by molar-refractivity contribution is 6.06. The Morgan fingerprint density at radius 1 is 1.07 bits per heavy atom. The van der Waals surface area contributed by atoms with Crippen molar-refractivity contribution in [2.75, 3.05) is 37.0 Å². The summed E-state index contributed by atoms with van der Waals surface area (Å²) in [4.78, 5) is 26.9. The first kappa shape index (κ1) is 21.5. The Labute approximate surface area is 177 Å². The van der Waals surface area contributed by atoms with E-state index in [1.54, 1.807) is 18.2 Å². The largest absolute Gasteiger partial charge is 0.493 e. The van der Waals surface area contributed by atoms with Crippen molar-refractivity contribution in [3.63, 3.8) is 0 Å². The van der Waals surface area contributed by atoms with Crippen molar-refractivity contribution < 1.29 is 19.1 Å². The monoisotopic (exact) mass is 411 g/mol. The van der Waals surface area contributed by atoms with Crippen LogP contribution in [0.1, 0.15) is 37.0 Å². The molecule has 0 aromatic heterocycles. The van der Waals surface area contributed by atoms with Gasteiger partial charge in [-0.25, -0.2) is 0 Å². The van der Waals surface area contributed by atoms with Gasteiger partial charge in [-0.2, -0.15) is 0 Å². The predicted octanol–water partition coefficient (Wildman–Crippen LogP) is 3.45. The van der Waals surface area contributed by atoms with E-state index in [0.717, 1.165) is 37.3 Å². The minimum atomic E-state index is -0.232. The van der Waals surface area contributed by atoms with Crippen molar-refractivity contribution in [1.82, 2.24) is 5.32 Å². The molecule has 2 aromatic rings. The average Bonchev–Trinajstić information content (AvgIpc) is 3.26. The Morgan fingerprint density at radius 3 is 2.50 bits per heavy atom. The second kappa shape index (κ2) is 10.0. The van der Waals surface area contributed by atoms with Crippen LogP contribution < -0.4 is 25.0 Å². The van der Waals surface area contributed by atoms with Gasteiger partial charge in [0, 0.05) is 24.7 Å². The summed E-state index contributed by atoms with van der Waals surface area (Å²) < 4.78 is 10.9. The number of anilines is 2. The van der Waals surface area contributed by atoms with Crippen LogP contribution in [0.3, 0.4) is 0 Å². The van der Waals surface area contributed by atoms with Gasteiger partial charge in [-0.1, -0.05) is 12.1 Å². The Morgan fingerprint density at radius 2 is 1.80 bits per heavy atom. The van der Waals surface area contributed by atoms with Gasteiger partial charge < -0.3 is 25.0 Å². The van der Waals surface area contributed by atoms with Crippen molar-refractivity contribution >= 4 is 23.2 Å². The minimum Gasteiger partial charge on any atom is -0.493 e. The highest BCUT2D eigenvalue weighted by Gasteiger charge is 2.18. The van der Waals surface area contributed by atoms with Crippen molar-refractivity contribution in [3.05, 3.63) is 48.0 Å². The number of para-hydroxylation sites is 2. The number of benzene rings is 2. The lowest BCUT2D eigenvalue weighted by Crippen LogP contribution is -2.34. The van der Waals surface area contributed by atoms with Crippen LogP contribution in [0.15, 0.2) is 42.5 Å². The minimum absolute atomic E-state index is 0.0394. The molecule has 3 rings (SSSR count). The molecule has 0 saturated carbocycles. The third-order valence-corrected chi connectivity index (χ3v) is 4.83. The zero-order chi connectivity index (χ0) is 21.5. The molecule has 2 N–H and O–H groups in total. The van der Waals surface area contributed by atoms with E-state index in [9.17, 15) is 9.59 Å². The van der Waals surface area contributed by atoms with Gasteiger partial charge in [0.25, 0.3) is 11.8 Å². The van der Waals surface area contributed by atoms with Crippen LogP contribution >= 0.6 is 0 Å². The molecule has 1 saturated heterocycles. The fraction of sp³-hybridized carbons (Fsp3) is 0.391. The number of nitrogens with zero attached hydrogens (tertiary/aromatic N) is 1. The van der Waals surface area contributed by atoms with E-state index in [1.807, 2.05) is 38.1 Å². The SMILES string of the molecule is COc1cc(C(=O)Nc2ccccc2N2CCCC2)ccc1OCC(=O)NC(C)C. The Kier molecular flexibility index (Phi) is 7.17. The zero-order valence-electron chi connectivity index (χ0n) is 17.7. The molecular formula is C23H29N3O4. The number of rotatable bonds is 8. The van der Waals surface area contributed by atoms with E-state index in [4.69, 9.17) is 9.47 Å². The summed E-state index contributed by atoms with van der Waals surface area (Å²) in [7, 11) is 1.50. The van der Waals surface area contributed by atoms with E-state index in [-0.39, 0.29) is 24.5 Å². The Hall–Kier alpha value is -3.22. The molecule has 1 heterocycles. The van der Waals surface area contributed by atoms with Gasteiger partial charge >= 0.3 is 0 Å². The van der Waals surface area contributed by atoms with Gasteiger partial charge in [0.2, 0.25) is 0 Å². The van der Waals surface area contributed by atoms with E-state index in [1.165, 1.54) is 7.11 Å². The third-order valence-electron chi connectivity index (χ3n) is 4.83. The summed E-state index contributed by atoms with van der Waals surface area (Å²) in [6.45, 7) is 5.64. The fourth-order valence-corrected chi connectivity index (χ4v) is 3.44. The van der Waals surface area contributed by atoms with Crippen molar-refractivity contribution in [1.29, 1.82) is 0 Å². The van der Waals surface area contributed by atoms with Crippen LogP contribution in [-0.2, 0) is 4.79 Å². The third kappa shape index (κ3) is 5.43. The van der Waals surface area contributed by atoms with Crippen LogP contribution in [0.4, 0.5) is 11.4 Å². The molecule has 0 radical (unpaired) electrons. The first-order chi connectivity index (χ1) is 14.5. The van der Waals surface area contributed by atoms with Crippen LogP contribution in [0.5, 0.6) is 11.5 Å². The first-order valence-corrected chi connectivity index (χ1v) is 10.2. The maximum Gasteiger partial charge on any atom is 0.258 e. The van der Waals surface area contributed by atoms with E-state index in [2.05, 4.69) is 15.5 Å². The number of ether oxygens (including phenoxy) is 2. The molecule has 2 aromatic carbocycles. The number of hydrogen-bond donors (Lipinski definition) is 2. The summed E-state index contributed by atoms with van der Waals surface area (Å²) in [6, 6.07) is 12.8. The Balaban J connectivity index is 1.70. The van der Waals surface area contributed by atoms with Crippen LogP contribution in [0.25, 0.3) is 0 Å². The molecular weight excluding hydrogens is 382 g/mol. The number of carbonyl (C=O) groups is 2. The van der Waals surface area contributed by atoms with Crippen LogP contribution in [0.2, 0.25) is 0 Å². The summed E-state index contributed by atoms with van der Waals surface area (Å²) in [5.74, 6) is 0.356. The number of amides is 2. The normalized spacial score (nSPS) is 13.3. The molecule has 7 nitrogen and oxygen atoms in total. The molecule has 0 atom stereocenters. The average molecular weight is 412 g/mol. The molecule has 0 aliphatic carbocycles. The molecule has 2 amide bonds. The molecule has 0 bridgehead atoms. The quantitative estimate of drug-likeness (QED) is 0.696. The topological polar surface area (TPSA) is 79.9 Å². The first-order valence-electron chi connectivity index (χ1n) is 10.2. The lowest BCUT2D eigenvalue weighted by Gasteiger charge is -2.21. The van der Waals surface area contributed by atoms with E-state index < -0.39 is 0 Å². The van der Waals surface area contributed by atoms with Gasteiger partial charge in [-0.3, -0.25) is 9.59 Å². The van der Waals surface area contributed by atoms with E-state index in [0.29, 0.717) is 17.1 Å². The molecule has 1 aliphatic rings.